The predicted octanol–water partition coefficient (Wildman–Crippen LogP) is 3.88. The van der Waals surface area contributed by atoms with Crippen LogP contribution in [0.3, 0.4) is 0 Å². The van der Waals surface area contributed by atoms with Crippen molar-refractivity contribution in [2.75, 3.05) is 7.05 Å². The number of benzene rings is 2. The summed E-state index contributed by atoms with van der Waals surface area (Å²) in [5.74, 6) is -0.200. The molecule has 0 aliphatic heterocycles. The fourth-order valence-corrected chi connectivity index (χ4v) is 2.53. The Morgan fingerprint density at radius 2 is 1.90 bits per heavy atom. The first-order chi connectivity index (χ1) is 10.3. The van der Waals surface area contributed by atoms with Crippen LogP contribution in [0.25, 0.3) is 10.9 Å². The lowest BCUT2D eigenvalue weighted by molar-refractivity contribution is 0.572. The summed E-state index contributed by atoms with van der Waals surface area (Å²) in [7, 11) is 1.90. The van der Waals surface area contributed by atoms with Gasteiger partial charge in [-0.3, -0.25) is 4.98 Å². The van der Waals surface area contributed by atoms with Gasteiger partial charge in [0.05, 0.1) is 17.3 Å². The van der Waals surface area contributed by atoms with Crippen molar-refractivity contribution in [1.82, 2.24) is 10.3 Å². The Morgan fingerprint density at radius 3 is 2.71 bits per heavy atom. The molecular weight excluding hydrogens is 263 g/mol. The highest BCUT2D eigenvalue weighted by molar-refractivity contribution is 5.78. The Balaban J connectivity index is 1.90. The molecule has 0 bridgehead atoms. The fraction of sp³-hybridized carbons (Fsp3) is 0.167. The first-order valence-corrected chi connectivity index (χ1v) is 7.03. The van der Waals surface area contributed by atoms with Crippen LogP contribution in [0.5, 0.6) is 0 Å². The monoisotopic (exact) mass is 280 g/mol. The second-order valence-electron chi connectivity index (χ2n) is 5.10. The minimum absolute atomic E-state index is 0.0661. The van der Waals surface area contributed by atoms with E-state index in [2.05, 4.69) is 11.4 Å². The minimum atomic E-state index is -0.200. The first kappa shape index (κ1) is 13.7. The van der Waals surface area contributed by atoms with Gasteiger partial charge in [0.15, 0.2) is 0 Å². The highest BCUT2D eigenvalue weighted by Gasteiger charge is 2.12. The molecule has 106 valence electrons. The SMILES string of the molecule is CNC(Cc1cccc(F)c1)c1ccc2ccccc2n1. The van der Waals surface area contributed by atoms with E-state index in [1.165, 1.54) is 6.07 Å². The normalized spacial score (nSPS) is 12.5. The van der Waals surface area contributed by atoms with E-state index >= 15 is 0 Å². The summed E-state index contributed by atoms with van der Waals surface area (Å²) >= 11 is 0. The van der Waals surface area contributed by atoms with Gasteiger partial charge in [0.25, 0.3) is 0 Å². The molecule has 0 aliphatic carbocycles. The molecule has 3 rings (SSSR count). The predicted molar refractivity (Wildman–Crippen MR) is 83.6 cm³/mol. The highest BCUT2D eigenvalue weighted by Crippen LogP contribution is 2.20. The van der Waals surface area contributed by atoms with Gasteiger partial charge in [0, 0.05) is 5.39 Å². The number of halogens is 1. The van der Waals surface area contributed by atoms with Crippen LogP contribution in [-0.4, -0.2) is 12.0 Å². The van der Waals surface area contributed by atoms with Gasteiger partial charge in [-0.15, -0.1) is 0 Å². The summed E-state index contributed by atoms with van der Waals surface area (Å²) in [6.45, 7) is 0. The number of hydrogen-bond acceptors (Lipinski definition) is 2. The van der Waals surface area contributed by atoms with Crippen molar-refractivity contribution < 1.29 is 4.39 Å². The lowest BCUT2D eigenvalue weighted by Gasteiger charge is -2.16. The zero-order valence-corrected chi connectivity index (χ0v) is 11.9. The van der Waals surface area contributed by atoms with E-state index < -0.39 is 0 Å². The van der Waals surface area contributed by atoms with E-state index in [4.69, 9.17) is 4.98 Å². The smallest absolute Gasteiger partial charge is 0.123 e. The molecule has 1 aromatic heterocycles. The average Bonchev–Trinajstić information content (AvgIpc) is 2.52. The largest absolute Gasteiger partial charge is 0.311 e. The third-order valence-electron chi connectivity index (χ3n) is 3.65. The lowest BCUT2D eigenvalue weighted by Crippen LogP contribution is -2.20. The van der Waals surface area contributed by atoms with Crippen LogP contribution in [0.15, 0.2) is 60.7 Å². The third-order valence-corrected chi connectivity index (χ3v) is 3.65. The average molecular weight is 280 g/mol. The van der Waals surface area contributed by atoms with E-state index in [1.54, 1.807) is 12.1 Å². The van der Waals surface area contributed by atoms with Gasteiger partial charge in [-0.1, -0.05) is 36.4 Å². The van der Waals surface area contributed by atoms with E-state index in [-0.39, 0.29) is 11.9 Å². The maximum absolute atomic E-state index is 13.3. The van der Waals surface area contributed by atoms with Crippen LogP contribution in [0.1, 0.15) is 17.3 Å². The number of para-hydroxylation sites is 1. The molecule has 2 aromatic carbocycles. The number of pyridine rings is 1. The molecule has 0 spiro atoms. The van der Waals surface area contributed by atoms with E-state index in [0.717, 1.165) is 22.2 Å². The molecule has 2 nitrogen and oxygen atoms in total. The van der Waals surface area contributed by atoms with Gasteiger partial charge in [-0.2, -0.15) is 0 Å². The van der Waals surface area contributed by atoms with Gasteiger partial charge >= 0.3 is 0 Å². The Morgan fingerprint density at radius 1 is 1.05 bits per heavy atom. The second-order valence-corrected chi connectivity index (χ2v) is 5.10. The summed E-state index contributed by atoms with van der Waals surface area (Å²) in [4.78, 5) is 4.71. The van der Waals surface area contributed by atoms with Crippen molar-refractivity contribution in [3.63, 3.8) is 0 Å². The molecule has 21 heavy (non-hydrogen) atoms. The second kappa shape index (κ2) is 6.02. The summed E-state index contributed by atoms with van der Waals surface area (Å²) in [5, 5.41) is 4.39. The molecule has 0 radical (unpaired) electrons. The highest BCUT2D eigenvalue weighted by atomic mass is 19.1. The van der Waals surface area contributed by atoms with E-state index in [1.807, 2.05) is 43.4 Å². The van der Waals surface area contributed by atoms with Crippen molar-refractivity contribution in [1.29, 1.82) is 0 Å². The lowest BCUT2D eigenvalue weighted by atomic mass is 10.0. The third kappa shape index (κ3) is 3.09. The molecule has 3 heteroatoms. The van der Waals surface area contributed by atoms with Crippen LogP contribution in [0.4, 0.5) is 4.39 Å². The molecule has 3 aromatic rings. The fourth-order valence-electron chi connectivity index (χ4n) is 2.53. The first-order valence-electron chi connectivity index (χ1n) is 7.03. The van der Waals surface area contributed by atoms with Crippen molar-refractivity contribution in [2.45, 2.75) is 12.5 Å². The quantitative estimate of drug-likeness (QED) is 0.784. The van der Waals surface area contributed by atoms with Gasteiger partial charge in [-0.05, 0) is 43.3 Å². The van der Waals surface area contributed by atoms with Crippen molar-refractivity contribution in [2.24, 2.45) is 0 Å². The van der Waals surface area contributed by atoms with Gasteiger partial charge in [0.2, 0.25) is 0 Å². The van der Waals surface area contributed by atoms with Gasteiger partial charge in [-0.25, -0.2) is 4.39 Å². The topological polar surface area (TPSA) is 24.9 Å². The molecule has 1 N–H and O–H groups in total. The summed E-state index contributed by atoms with van der Waals surface area (Å²) in [6, 6.07) is 18.9. The molecule has 0 saturated heterocycles. The minimum Gasteiger partial charge on any atom is -0.311 e. The molecule has 1 heterocycles. The number of nitrogens with one attached hydrogen (secondary N) is 1. The Kier molecular flexibility index (Phi) is 3.93. The summed E-state index contributed by atoms with van der Waals surface area (Å²) in [5.41, 5.74) is 2.92. The standard InChI is InChI=1S/C18H17FN2/c1-20-18(12-13-5-4-7-15(19)11-13)17-10-9-14-6-2-3-8-16(14)21-17/h2-11,18,20H,12H2,1H3. The Hall–Kier alpha value is -2.26. The molecule has 1 unspecified atom stereocenters. The van der Waals surface area contributed by atoms with E-state index in [9.17, 15) is 4.39 Å². The molecular formula is C18H17FN2. The molecule has 1 atom stereocenters. The van der Waals surface area contributed by atoms with Gasteiger partial charge < -0.3 is 5.32 Å². The van der Waals surface area contributed by atoms with Crippen LogP contribution < -0.4 is 5.32 Å². The number of aromatic nitrogens is 1. The number of hydrogen-bond donors (Lipinski definition) is 1. The van der Waals surface area contributed by atoms with Crippen LogP contribution in [0, 0.1) is 5.82 Å². The Labute approximate surface area is 123 Å². The maximum atomic E-state index is 13.3. The van der Waals surface area contributed by atoms with Crippen molar-refractivity contribution >= 4 is 10.9 Å². The van der Waals surface area contributed by atoms with Crippen LogP contribution in [-0.2, 0) is 6.42 Å². The summed E-state index contributed by atoms with van der Waals surface area (Å²) in [6.07, 6.45) is 0.708. The zero-order chi connectivity index (χ0) is 14.7. The van der Waals surface area contributed by atoms with Crippen LogP contribution >= 0.6 is 0 Å². The maximum Gasteiger partial charge on any atom is 0.123 e. The van der Waals surface area contributed by atoms with E-state index in [0.29, 0.717) is 6.42 Å². The van der Waals surface area contributed by atoms with Gasteiger partial charge in [0.1, 0.15) is 5.82 Å². The molecule has 0 aliphatic rings. The van der Waals surface area contributed by atoms with Crippen molar-refractivity contribution in [3.05, 3.63) is 77.7 Å². The number of likely N-dealkylation sites (N-methyl/N-ethyl adjacent to an activating group) is 1. The summed E-state index contributed by atoms with van der Waals surface area (Å²) < 4.78 is 13.3. The molecule has 0 fully saturated rings. The number of nitrogens with zero attached hydrogens (tertiary/aromatic N) is 1. The van der Waals surface area contributed by atoms with Crippen molar-refractivity contribution in [3.8, 4) is 0 Å². The van der Waals surface area contributed by atoms with Crippen LogP contribution in [0.2, 0.25) is 0 Å². The Bertz CT molecular complexity index is 755. The number of rotatable bonds is 4. The molecule has 0 saturated carbocycles. The number of fused-ring (bicyclic) bond motifs is 1. The molecule has 0 amide bonds. The zero-order valence-electron chi connectivity index (χ0n) is 11.9.